The summed E-state index contributed by atoms with van der Waals surface area (Å²) in [5.41, 5.74) is 3.06. The summed E-state index contributed by atoms with van der Waals surface area (Å²) in [6, 6.07) is 12.6. The molecule has 0 bridgehead atoms. The Morgan fingerprint density at radius 3 is 2.54 bits per heavy atom. The summed E-state index contributed by atoms with van der Waals surface area (Å²) in [6.45, 7) is 4.30. The molecule has 0 spiro atoms. The zero-order valence-corrected chi connectivity index (χ0v) is 15.1. The van der Waals surface area contributed by atoms with Gasteiger partial charge >= 0.3 is 5.97 Å². The summed E-state index contributed by atoms with van der Waals surface area (Å²) < 4.78 is 5.09. The fourth-order valence-corrected chi connectivity index (χ4v) is 2.40. The predicted octanol–water partition coefficient (Wildman–Crippen LogP) is 5.02. The van der Waals surface area contributed by atoms with Crippen LogP contribution in [0.1, 0.15) is 29.3 Å². The largest absolute Gasteiger partial charge is 0.462 e. The summed E-state index contributed by atoms with van der Waals surface area (Å²) >= 11 is 11.4. The first-order chi connectivity index (χ1) is 11.5. The van der Waals surface area contributed by atoms with Crippen LogP contribution in [0.4, 0.5) is 11.4 Å². The molecule has 2 aromatic carbocycles. The van der Waals surface area contributed by atoms with Crippen LogP contribution in [-0.4, -0.2) is 17.7 Å². The van der Waals surface area contributed by atoms with Gasteiger partial charge in [-0.05, 0) is 67.5 Å². The van der Waals surface area contributed by atoms with E-state index in [1.54, 1.807) is 24.3 Å². The van der Waals surface area contributed by atoms with Gasteiger partial charge in [-0.2, -0.15) is 0 Å². The van der Waals surface area contributed by atoms with Crippen molar-refractivity contribution in [3.8, 4) is 0 Å². The lowest BCUT2D eigenvalue weighted by molar-refractivity contribution is 0.0505. The van der Waals surface area contributed by atoms with Crippen LogP contribution < -0.4 is 10.6 Å². The third kappa shape index (κ3) is 4.94. The highest BCUT2D eigenvalue weighted by Crippen LogP contribution is 2.23. The molecule has 2 aromatic rings. The van der Waals surface area contributed by atoms with Crippen LogP contribution in [0.25, 0.3) is 0 Å². The fourth-order valence-electron chi connectivity index (χ4n) is 2.00. The van der Waals surface area contributed by atoms with Gasteiger partial charge in [-0.3, -0.25) is 0 Å². The molecule has 0 heterocycles. The highest BCUT2D eigenvalue weighted by atomic mass is 35.5. The Labute approximate surface area is 152 Å². The van der Waals surface area contributed by atoms with Crippen molar-refractivity contribution in [2.24, 2.45) is 0 Å². The summed E-state index contributed by atoms with van der Waals surface area (Å²) in [6.07, 6.45) is 0.800. The Morgan fingerprint density at radius 2 is 1.88 bits per heavy atom. The first-order valence-electron chi connectivity index (χ1n) is 7.61. The molecule has 0 atom stereocenters. The van der Waals surface area contributed by atoms with Crippen molar-refractivity contribution in [1.82, 2.24) is 0 Å². The Morgan fingerprint density at radius 1 is 1.17 bits per heavy atom. The second-order valence-corrected chi connectivity index (χ2v) is 6.02. The van der Waals surface area contributed by atoms with Crippen molar-refractivity contribution in [2.45, 2.75) is 20.3 Å². The summed E-state index contributed by atoms with van der Waals surface area (Å²) in [5, 5.41) is 7.31. The molecule has 4 nitrogen and oxygen atoms in total. The van der Waals surface area contributed by atoms with Gasteiger partial charge in [0, 0.05) is 16.4 Å². The van der Waals surface area contributed by atoms with Gasteiger partial charge in [-0.25, -0.2) is 4.79 Å². The first kappa shape index (κ1) is 18.2. The smallest absolute Gasteiger partial charge is 0.338 e. The van der Waals surface area contributed by atoms with Gasteiger partial charge in [-0.15, -0.1) is 0 Å². The summed E-state index contributed by atoms with van der Waals surface area (Å²) in [7, 11) is 0. The lowest BCUT2D eigenvalue weighted by Crippen LogP contribution is -2.19. The van der Waals surface area contributed by atoms with E-state index in [9.17, 15) is 4.79 Å². The second-order valence-electron chi connectivity index (χ2n) is 5.20. The molecule has 126 valence electrons. The zero-order valence-electron chi connectivity index (χ0n) is 13.6. The lowest BCUT2D eigenvalue weighted by Gasteiger charge is -2.13. The highest BCUT2D eigenvalue weighted by molar-refractivity contribution is 7.80. The van der Waals surface area contributed by atoms with E-state index >= 15 is 0 Å². The SMILES string of the molecule is CCCOC(=O)c1ccc(NC(=S)Nc2cccc(Cl)c2C)cc1. The Hall–Kier alpha value is -2.11. The van der Waals surface area contributed by atoms with Crippen molar-refractivity contribution in [1.29, 1.82) is 0 Å². The number of thiocarbonyl (C=S) groups is 1. The minimum atomic E-state index is -0.321. The number of anilines is 2. The molecular weight excluding hydrogens is 344 g/mol. The van der Waals surface area contributed by atoms with Gasteiger partial charge in [-0.1, -0.05) is 24.6 Å². The number of carbonyl (C=O) groups is 1. The number of hydrogen-bond acceptors (Lipinski definition) is 3. The number of halogens is 1. The van der Waals surface area contributed by atoms with Crippen molar-refractivity contribution in [3.05, 3.63) is 58.6 Å². The molecule has 0 saturated carbocycles. The molecule has 0 amide bonds. The van der Waals surface area contributed by atoms with E-state index in [4.69, 9.17) is 28.6 Å². The van der Waals surface area contributed by atoms with E-state index in [0.29, 0.717) is 22.3 Å². The monoisotopic (exact) mass is 362 g/mol. The molecule has 2 rings (SSSR count). The molecule has 2 N–H and O–H groups in total. The van der Waals surface area contributed by atoms with Crippen LogP contribution in [0, 0.1) is 6.92 Å². The normalized spacial score (nSPS) is 10.1. The molecule has 0 fully saturated rings. The van der Waals surface area contributed by atoms with E-state index in [1.165, 1.54) is 0 Å². The Balaban J connectivity index is 1.97. The van der Waals surface area contributed by atoms with E-state index in [1.807, 2.05) is 32.0 Å². The third-order valence-corrected chi connectivity index (χ3v) is 3.95. The molecule has 0 aromatic heterocycles. The number of carbonyl (C=O) groups excluding carboxylic acids is 1. The average Bonchev–Trinajstić information content (AvgIpc) is 2.57. The molecule has 0 unspecified atom stereocenters. The Kier molecular flexibility index (Phi) is 6.58. The van der Waals surface area contributed by atoms with Crippen molar-refractivity contribution < 1.29 is 9.53 Å². The summed E-state index contributed by atoms with van der Waals surface area (Å²) in [5.74, 6) is -0.321. The second kappa shape index (κ2) is 8.66. The topological polar surface area (TPSA) is 50.4 Å². The van der Waals surface area contributed by atoms with Crippen LogP contribution in [-0.2, 0) is 4.74 Å². The molecule has 6 heteroatoms. The average molecular weight is 363 g/mol. The number of esters is 1. The molecule has 0 aliphatic carbocycles. The maximum absolute atomic E-state index is 11.8. The van der Waals surface area contributed by atoms with E-state index in [2.05, 4.69) is 10.6 Å². The quantitative estimate of drug-likeness (QED) is 0.577. The first-order valence-corrected chi connectivity index (χ1v) is 8.40. The maximum Gasteiger partial charge on any atom is 0.338 e. The molecule has 24 heavy (non-hydrogen) atoms. The number of benzene rings is 2. The standard InChI is InChI=1S/C18H19ClN2O2S/c1-3-11-23-17(22)13-7-9-14(10-8-13)20-18(24)21-16-6-4-5-15(19)12(16)2/h4-10H,3,11H2,1-2H3,(H2,20,21,24). The third-order valence-electron chi connectivity index (χ3n) is 3.33. The van der Waals surface area contributed by atoms with E-state index in [-0.39, 0.29) is 5.97 Å². The predicted molar refractivity (Wildman–Crippen MR) is 103 cm³/mol. The zero-order chi connectivity index (χ0) is 17.5. The highest BCUT2D eigenvalue weighted by Gasteiger charge is 2.07. The van der Waals surface area contributed by atoms with Gasteiger partial charge in [0.05, 0.1) is 12.2 Å². The lowest BCUT2D eigenvalue weighted by atomic mass is 10.2. The molecule has 0 aliphatic rings. The van der Waals surface area contributed by atoms with Gasteiger partial charge in [0.2, 0.25) is 0 Å². The fraction of sp³-hybridized carbons (Fsp3) is 0.222. The van der Waals surface area contributed by atoms with Gasteiger partial charge < -0.3 is 15.4 Å². The van der Waals surface area contributed by atoms with Crippen LogP contribution in [0.3, 0.4) is 0 Å². The van der Waals surface area contributed by atoms with E-state index in [0.717, 1.165) is 23.4 Å². The number of ether oxygens (including phenoxy) is 1. The van der Waals surface area contributed by atoms with Gasteiger partial charge in [0.25, 0.3) is 0 Å². The van der Waals surface area contributed by atoms with Crippen LogP contribution in [0.15, 0.2) is 42.5 Å². The van der Waals surface area contributed by atoms with Crippen molar-refractivity contribution in [2.75, 3.05) is 17.2 Å². The molecule has 0 saturated heterocycles. The summed E-state index contributed by atoms with van der Waals surface area (Å²) in [4.78, 5) is 11.8. The van der Waals surface area contributed by atoms with Gasteiger partial charge in [0.1, 0.15) is 0 Å². The van der Waals surface area contributed by atoms with Gasteiger partial charge in [0.15, 0.2) is 5.11 Å². The van der Waals surface area contributed by atoms with Crippen LogP contribution in [0.2, 0.25) is 5.02 Å². The minimum absolute atomic E-state index is 0.321. The number of rotatable bonds is 5. The Bertz CT molecular complexity index is 732. The molecular formula is C18H19ClN2O2S. The number of nitrogens with one attached hydrogen (secondary N) is 2. The number of hydrogen-bond donors (Lipinski definition) is 2. The van der Waals surface area contributed by atoms with Crippen LogP contribution in [0.5, 0.6) is 0 Å². The molecule has 0 radical (unpaired) electrons. The van der Waals surface area contributed by atoms with Crippen LogP contribution >= 0.6 is 23.8 Å². The maximum atomic E-state index is 11.8. The molecule has 0 aliphatic heterocycles. The minimum Gasteiger partial charge on any atom is -0.462 e. The van der Waals surface area contributed by atoms with E-state index < -0.39 is 0 Å². The van der Waals surface area contributed by atoms with Crippen molar-refractivity contribution in [3.63, 3.8) is 0 Å². The van der Waals surface area contributed by atoms with Crippen molar-refractivity contribution >= 4 is 46.3 Å².